The molecule has 0 bridgehead atoms. The second-order valence-electron chi connectivity index (χ2n) is 3.42. The van der Waals surface area contributed by atoms with Gasteiger partial charge in [-0.3, -0.25) is 19.5 Å². The van der Waals surface area contributed by atoms with Gasteiger partial charge in [-0.1, -0.05) is 0 Å². The lowest BCUT2D eigenvalue weighted by Gasteiger charge is -2.05. The van der Waals surface area contributed by atoms with Crippen molar-refractivity contribution in [2.24, 2.45) is 0 Å². The van der Waals surface area contributed by atoms with E-state index >= 15 is 0 Å². The number of hydrogen-bond acceptors (Lipinski definition) is 5. The molecule has 0 atom stereocenters. The fraction of sp³-hybridized carbons (Fsp3) is 0.0909. The molecular weight excluding hydrogens is 238 g/mol. The Hall–Kier alpha value is -2.70. The summed E-state index contributed by atoms with van der Waals surface area (Å²) >= 11 is 0. The minimum atomic E-state index is -0.565. The zero-order chi connectivity index (χ0) is 13.1. The molecule has 7 heteroatoms. The zero-order valence-electron chi connectivity index (χ0n) is 9.44. The van der Waals surface area contributed by atoms with Crippen LogP contribution in [0.5, 0.6) is 5.75 Å². The molecule has 18 heavy (non-hydrogen) atoms. The maximum Gasteiger partial charge on any atom is 0.310 e. The summed E-state index contributed by atoms with van der Waals surface area (Å²) in [7, 11) is 1.31. The van der Waals surface area contributed by atoms with Crippen LogP contribution < -0.4 is 4.74 Å². The third-order valence-corrected chi connectivity index (χ3v) is 2.36. The number of benzene rings is 1. The summed E-state index contributed by atoms with van der Waals surface area (Å²) in [6.45, 7) is 0. The molecule has 0 radical (unpaired) electrons. The first kappa shape index (κ1) is 11.8. The van der Waals surface area contributed by atoms with Crippen molar-refractivity contribution in [2.45, 2.75) is 0 Å². The lowest BCUT2D eigenvalue weighted by molar-refractivity contribution is -0.385. The van der Waals surface area contributed by atoms with E-state index in [9.17, 15) is 14.9 Å². The van der Waals surface area contributed by atoms with Crippen molar-refractivity contribution in [3.8, 4) is 5.75 Å². The number of aromatic nitrogens is 2. The highest BCUT2D eigenvalue weighted by Crippen LogP contribution is 2.27. The number of rotatable bonds is 3. The Morgan fingerprint density at radius 1 is 1.50 bits per heavy atom. The van der Waals surface area contributed by atoms with Gasteiger partial charge in [-0.2, -0.15) is 0 Å². The van der Waals surface area contributed by atoms with E-state index < -0.39 is 4.92 Å². The number of imidazole rings is 1. The van der Waals surface area contributed by atoms with Crippen LogP contribution in [0.2, 0.25) is 0 Å². The summed E-state index contributed by atoms with van der Waals surface area (Å²) < 4.78 is 6.17. The SMILES string of the molecule is COc1cc(C(=O)n2ccnc2)ccc1[N+](=O)[O-]. The molecule has 0 saturated carbocycles. The zero-order valence-corrected chi connectivity index (χ0v) is 9.44. The maximum atomic E-state index is 12.0. The van der Waals surface area contributed by atoms with Crippen LogP contribution >= 0.6 is 0 Å². The number of carbonyl (C=O) groups excluding carboxylic acids is 1. The Kier molecular flexibility index (Phi) is 3.05. The Balaban J connectivity index is 2.42. The third-order valence-electron chi connectivity index (χ3n) is 2.36. The predicted molar refractivity (Wildman–Crippen MR) is 61.6 cm³/mol. The molecule has 92 valence electrons. The van der Waals surface area contributed by atoms with Gasteiger partial charge < -0.3 is 4.74 Å². The van der Waals surface area contributed by atoms with Gasteiger partial charge >= 0.3 is 5.69 Å². The molecule has 2 rings (SSSR count). The molecule has 0 amide bonds. The summed E-state index contributed by atoms with van der Waals surface area (Å²) in [5, 5.41) is 10.7. The quantitative estimate of drug-likeness (QED) is 0.605. The van der Waals surface area contributed by atoms with Crippen molar-refractivity contribution in [3.63, 3.8) is 0 Å². The van der Waals surface area contributed by atoms with E-state index in [2.05, 4.69) is 4.98 Å². The van der Waals surface area contributed by atoms with E-state index in [0.29, 0.717) is 0 Å². The summed E-state index contributed by atoms with van der Waals surface area (Å²) in [6, 6.07) is 3.95. The van der Waals surface area contributed by atoms with Crippen LogP contribution in [-0.4, -0.2) is 27.5 Å². The summed E-state index contributed by atoms with van der Waals surface area (Å²) in [5.74, 6) is -0.285. The maximum absolute atomic E-state index is 12.0. The lowest BCUT2D eigenvalue weighted by atomic mass is 10.2. The predicted octanol–water partition coefficient (Wildman–Crippen LogP) is 1.49. The second-order valence-corrected chi connectivity index (χ2v) is 3.42. The van der Waals surface area contributed by atoms with Gasteiger partial charge in [0.05, 0.1) is 12.0 Å². The first-order valence-electron chi connectivity index (χ1n) is 4.98. The van der Waals surface area contributed by atoms with Gasteiger partial charge in [-0.15, -0.1) is 0 Å². The molecule has 0 aliphatic heterocycles. The lowest BCUT2D eigenvalue weighted by Crippen LogP contribution is -2.10. The van der Waals surface area contributed by atoms with Crippen molar-refractivity contribution < 1.29 is 14.5 Å². The number of hydrogen-bond donors (Lipinski definition) is 0. The molecule has 1 aromatic carbocycles. The Labute approximate surface area is 102 Å². The number of nitrogens with zero attached hydrogens (tertiary/aromatic N) is 3. The highest BCUT2D eigenvalue weighted by atomic mass is 16.6. The summed E-state index contributed by atoms with van der Waals surface area (Å²) in [6.07, 6.45) is 4.33. The van der Waals surface area contributed by atoms with Crippen LogP contribution in [0.1, 0.15) is 10.4 Å². The standard InChI is InChI=1S/C11H9N3O4/c1-18-10-6-8(2-3-9(10)14(16)17)11(15)13-5-4-12-7-13/h2-7H,1H3. The molecule has 0 unspecified atom stereocenters. The van der Waals surface area contributed by atoms with Gasteiger partial charge in [0.15, 0.2) is 5.75 Å². The fourth-order valence-electron chi connectivity index (χ4n) is 1.49. The van der Waals surface area contributed by atoms with E-state index in [4.69, 9.17) is 4.74 Å². The van der Waals surface area contributed by atoms with Crippen LogP contribution in [0, 0.1) is 10.1 Å². The van der Waals surface area contributed by atoms with Gasteiger partial charge in [0.25, 0.3) is 5.91 Å². The Morgan fingerprint density at radius 3 is 2.83 bits per heavy atom. The first-order valence-corrected chi connectivity index (χ1v) is 4.98. The topological polar surface area (TPSA) is 87.3 Å². The van der Waals surface area contributed by atoms with Crippen molar-refractivity contribution in [1.82, 2.24) is 9.55 Å². The molecule has 2 aromatic rings. The molecule has 7 nitrogen and oxygen atoms in total. The molecule has 1 heterocycles. The number of carbonyl (C=O) groups is 1. The third kappa shape index (κ3) is 2.05. The molecule has 0 N–H and O–H groups in total. The van der Waals surface area contributed by atoms with Gasteiger partial charge in [0.2, 0.25) is 0 Å². The number of nitro groups is 1. The molecule has 0 aliphatic rings. The van der Waals surface area contributed by atoms with Crippen molar-refractivity contribution in [1.29, 1.82) is 0 Å². The van der Waals surface area contributed by atoms with Crippen LogP contribution in [0.15, 0.2) is 36.9 Å². The largest absolute Gasteiger partial charge is 0.490 e. The van der Waals surface area contributed by atoms with E-state index in [1.165, 1.54) is 48.6 Å². The smallest absolute Gasteiger partial charge is 0.310 e. The van der Waals surface area contributed by atoms with Crippen LogP contribution in [0.25, 0.3) is 0 Å². The van der Waals surface area contributed by atoms with Gasteiger partial charge in [0.1, 0.15) is 6.33 Å². The number of ether oxygens (including phenoxy) is 1. The molecule has 1 aromatic heterocycles. The normalized spacial score (nSPS) is 10.1. The molecule has 0 fully saturated rings. The van der Waals surface area contributed by atoms with Crippen molar-refractivity contribution >= 4 is 11.6 Å². The van der Waals surface area contributed by atoms with E-state index in [1.807, 2.05) is 0 Å². The van der Waals surface area contributed by atoms with E-state index in [-0.39, 0.29) is 22.9 Å². The van der Waals surface area contributed by atoms with Crippen molar-refractivity contribution in [3.05, 3.63) is 52.6 Å². The average molecular weight is 247 g/mol. The van der Waals surface area contributed by atoms with Crippen LogP contribution in [-0.2, 0) is 0 Å². The number of nitro benzene ring substituents is 1. The number of methoxy groups -OCH3 is 1. The monoisotopic (exact) mass is 247 g/mol. The Morgan fingerprint density at radius 2 is 2.28 bits per heavy atom. The van der Waals surface area contributed by atoms with Crippen LogP contribution in [0.4, 0.5) is 5.69 Å². The summed E-state index contributed by atoms with van der Waals surface area (Å²) in [4.78, 5) is 25.9. The van der Waals surface area contributed by atoms with Gasteiger partial charge in [-0.25, -0.2) is 4.98 Å². The molecule has 0 aliphatic carbocycles. The van der Waals surface area contributed by atoms with Gasteiger partial charge in [0, 0.05) is 30.1 Å². The average Bonchev–Trinajstić information content (AvgIpc) is 2.90. The van der Waals surface area contributed by atoms with E-state index in [0.717, 1.165) is 0 Å². The van der Waals surface area contributed by atoms with Crippen LogP contribution in [0.3, 0.4) is 0 Å². The summed E-state index contributed by atoms with van der Waals surface area (Å²) in [5.41, 5.74) is 0.107. The molecule has 0 spiro atoms. The second kappa shape index (κ2) is 4.66. The van der Waals surface area contributed by atoms with Crippen molar-refractivity contribution in [2.75, 3.05) is 7.11 Å². The van der Waals surface area contributed by atoms with Gasteiger partial charge in [-0.05, 0) is 6.07 Å². The molecular formula is C11H9N3O4. The fourth-order valence-corrected chi connectivity index (χ4v) is 1.49. The first-order chi connectivity index (χ1) is 8.63. The highest BCUT2D eigenvalue weighted by Gasteiger charge is 2.17. The molecule has 0 saturated heterocycles. The minimum Gasteiger partial charge on any atom is -0.490 e. The minimum absolute atomic E-state index is 0.0472. The highest BCUT2D eigenvalue weighted by molar-refractivity contribution is 5.96. The Bertz CT molecular complexity index is 592. The van der Waals surface area contributed by atoms with E-state index in [1.54, 1.807) is 0 Å².